The van der Waals surface area contributed by atoms with Gasteiger partial charge < -0.3 is 13.3 Å². The first-order chi connectivity index (χ1) is 16.0. The molecular formula is C27H31N3O3. The Balaban J connectivity index is 1.15. The highest BCUT2D eigenvalue weighted by atomic mass is 16.4. The van der Waals surface area contributed by atoms with E-state index < -0.39 is 0 Å². The van der Waals surface area contributed by atoms with E-state index in [1.165, 1.54) is 17.5 Å². The van der Waals surface area contributed by atoms with Gasteiger partial charge in [0.05, 0.1) is 11.4 Å². The van der Waals surface area contributed by atoms with E-state index in [2.05, 4.69) is 31.0 Å². The maximum absolute atomic E-state index is 6.16. The lowest BCUT2D eigenvalue weighted by atomic mass is 9.87. The molecule has 2 aliphatic rings. The number of fused-ring (bicyclic) bond motifs is 3. The Bertz CT molecular complexity index is 1310. The number of aryl methyl sites for hydroxylation is 5. The summed E-state index contributed by atoms with van der Waals surface area (Å²) in [6.45, 7) is 6.35. The fraction of sp³-hybridized carbons (Fsp3) is 0.519. The van der Waals surface area contributed by atoms with Crippen molar-refractivity contribution < 1.29 is 13.3 Å². The van der Waals surface area contributed by atoms with Crippen LogP contribution in [0.1, 0.15) is 77.9 Å². The molecule has 3 heterocycles. The van der Waals surface area contributed by atoms with E-state index in [0.29, 0.717) is 18.3 Å². The van der Waals surface area contributed by atoms with E-state index in [4.69, 9.17) is 23.2 Å². The second-order valence-corrected chi connectivity index (χ2v) is 10.1. The van der Waals surface area contributed by atoms with E-state index in [1.807, 2.05) is 6.92 Å². The van der Waals surface area contributed by atoms with Gasteiger partial charge in [-0.3, -0.25) is 0 Å². The van der Waals surface area contributed by atoms with E-state index in [0.717, 1.165) is 96.6 Å². The maximum Gasteiger partial charge on any atom is 0.199 e. The van der Waals surface area contributed by atoms with Gasteiger partial charge in [-0.2, -0.15) is 0 Å². The van der Waals surface area contributed by atoms with Gasteiger partial charge in [0.25, 0.3) is 0 Å². The summed E-state index contributed by atoms with van der Waals surface area (Å²) in [7, 11) is 0. The Morgan fingerprint density at radius 1 is 0.879 bits per heavy atom. The van der Waals surface area contributed by atoms with Gasteiger partial charge in [-0.1, -0.05) is 6.92 Å². The predicted molar refractivity (Wildman–Crippen MR) is 124 cm³/mol. The molecule has 2 aliphatic carbocycles. The molecule has 2 atom stereocenters. The Morgan fingerprint density at radius 3 is 2.70 bits per heavy atom. The predicted octanol–water partition coefficient (Wildman–Crippen LogP) is 5.87. The molecule has 0 saturated heterocycles. The molecule has 6 nitrogen and oxygen atoms in total. The van der Waals surface area contributed by atoms with E-state index in [9.17, 15) is 0 Å². The van der Waals surface area contributed by atoms with Crippen LogP contribution in [0.2, 0.25) is 0 Å². The number of hydrogen-bond acceptors (Lipinski definition) is 6. The molecule has 0 radical (unpaired) electrons. The monoisotopic (exact) mass is 445 g/mol. The molecule has 33 heavy (non-hydrogen) atoms. The van der Waals surface area contributed by atoms with Crippen LogP contribution in [0.4, 0.5) is 0 Å². The fourth-order valence-electron chi connectivity index (χ4n) is 5.45. The maximum atomic E-state index is 6.16. The Labute approximate surface area is 193 Å². The van der Waals surface area contributed by atoms with Gasteiger partial charge in [0.2, 0.25) is 0 Å². The summed E-state index contributed by atoms with van der Waals surface area (Å²) in [6.07, 6.45) is 8.95. The molecular weight excluding hydrogens is 414 g/mol. The molecule has 0 aliphatic heterocycles. The van der Waals surface area contributed by atoms with Gasteiger partial charge in [0, 0.05) is 32.6 Å². The van der Waals surface area contributed by atoms with Crippen LogP contribution in [0.5, 0.6) is 0 Å². The van der Waals surface area contributed by atoms with Crippen molar-refractivity contribution in [2.75, 3.05) is 0 Å². The largest absolute Gasteiger partial charge is 0.446 e. The second-order valence-electron chi connectivity index (χ2n) is 10.1. The summed E-state index contributed by atoms with van der Waals surface area (Å²) in [5.74, 6) is 5.86. The number of benzene rings is 1. The molecule has 0 amide bonds. The lowest BCUT2D eigenvalue weighted by Gasteiger charge is -2.19. The smallest absolute Gasteiger partial charge is 0.199 e. The zero-order valence-electron chi connectivity index (χ0n) is 19.7. The summed E-state index contributed by atoms with van der Waals surface area (Å²) in [4.78, 5) is 14.1. The Hall–Kier alpha value is -2.89. The van der Waals surface area contributed by atoms with Crippen molar-refractivity contribution in [3.05, 3.63) is 63.8 Å². The van der Waals surface area contributed by atoms with E-state index in [1.54, 1.807) is 0 Å². The van der Waals surface area contributed by atoms with Gasteiger partial charge in [-0.25, -0.2) is 15.0 Å². The molecule has 2 unspecified atom stereocenters. The third-order valence-corrected chi connectivity index (χ3v) is 7.38. The third kappa shape index (κ3) is 4.11. The third-order valence-electron chi connectivity index (χ3n) is 7.38. The first-order valence-electron chi connectivity index (χ1n) is 12.3. The number of nitrogens with zero attached hydrogens (tertiary/aromatic N) is 3. The molecule has 6 heteroatoms. The zero-order chi connectivity index (χ0) is 22.5. The van der Waals surface area contributed by atoms with E-state index in [-0.39, 0.29) is 0 Å². The molecule has 1 aromatic carbocycles. The summed E-state index contributed by atoms with van der Waals surface area (Å²) in [5, 5.41) is 0. The molecule has 0 N–H and O–H groups in total. The van der Waals surface area contributed by atoms with Crippen LogP contribution in [0.15, 0.2) is 25.4 Å². The van der Waals surface area contributed by atoms with Gasteiger partial charge in [0.15, 0.2) is 23.3 Å². The topological polar surface area (TPSA) is 78.1 Å². The minimum absolute atomic E-state index is 0.593. The van der Waals surface area contributed by atoms with Crippen molar-refractivity contribution in [3.8, 4) is 0 Å². The quantitative estimate of drug-likeness (QED) is 0.382. The van der Waals surface area contributed by atoms with Crippen LogP contribution in [0.25, 0.3) is 11.1 Å². The Kier molecular flexibility index (Phi) is 5.11. The van der Waals surface area contributed by atoms with Gasteiger partial charge in [0.1, 0.15) is 17.0 Å². The van der Waals surface area contributed by atoms with Gasteiger partial charge in [-0.15, -0.1) is 0 Å². The number of oxazole rings is 3. The molecule has 0 saturated carbocycles. The number of hydrogen-bond donors (Lipinski definition) is 0. The first-order valence-corrected chi connectivity index (χ1v) is 12.3. The van der Waals surface area contributed by atoms with Gasteiger partial charge >= 0.3 is 0 Å². The van der Waals surface area contributed by atoms with Crippen molar-refractivity contribution in [2.45, 2.75) is 78.6 Å². The van der Waals surface area contributed by atoms with Crippen LogP contribution in [0, 0.1) is 25.7 Å². The molecule has 3 aromatic heterocycles. The SMILES string of the molecule is Cc1nc2c(o1)CC(CCc1nc3cc(C)c(Cc4nc5c(o4)CCC(C)C5)cc3o1)CC2. The molecule has 0 fully saturated rings. The molecule has 172 valence electrons. The van der Waals surface area contributed by atoms with Crippen LogP contribution in [0.3, 0.4) is 0 Å². The minimum Gasteiger partial charge on any atom is -0.446 e. The summed E-state index contributed by atoms with van der Waals surface area (Å²) >= 11 is 0. The van der Waals surface area contributed by atoms with Crippen molar-refractivity contribution in [1.82, 2.24) is 15.0 Å². The fourth-order valence-corrected chi connectivity index (χ4v) is 5.45. The van der Waals surface area contributed by atoms with Crippen LogP contribution in [-0.2, 0) is 38.5 Å². The van der Waals surface area contributed by atoms with Gasteiger partial charge in [-0.05, 0) is 74.1 Å². The Morgan fingerprint density at radius 2 is 1.79 bits per heavy atom. The highest BCUT2D eigenvalue weighted by Gasteiger charge is 2.24. The van der Waals surface area contributed by atoms with Crippen LogP contribution < -0.4 is 0 Å². The standard InChI is InChI=1S/C27H31N3O3/c1-15-4-8-23-21(10-15)30-27(32-23)14-19-13-25-22(11-16(19)2)29-26(33-25)9-6-18-5-7-20-24(12-18)31-17(3)28-20/h11,13,15,18H,4-10,12,14H2,1-3H3. The zero-order valence-corrected chi connectivity index (χ0v) is 19.7. The normalized spacial score (nSPS) is 20.2. The van der Waals surface area contributed by atoms with Crippen molar-refractivity contribution in [3.63, 3.8) is 0 Å². The van der Waals surface area contributed by atoms with Crippen LogP contribution >= 0.6 is 0 Å². The first kappa shape index (κ1) is 20.7. The van der Waals surface area contributed by atoms with Crippen molar-refractivity contribution in [1.29, 1.82) is 0 Å². The minimum atomic E-state index is 0.593. The molecule has 0 bridgehead atoms. The van der Waals surface area contributed by atoms with Crippen molar-refractivity contribution in [2.24, 2.45) is 11.8 Å². The molecule has 4 aromatic rings. The molecule has 6 rings (SSSR count). The lowest BCUT2D eigenvalue weighted by molar-refractivity contribution is 0.357. The summed E-state index contributed by atoms with van der Waals surface area (Å²) in [5.41, 5.74) is 6.48. The number of rotatable bonds is 5. The highest BCUT2D eigenvalue weighted by Crippen LogP contribution is 2.31. The van der Waals surface area contributed by atoms with Crippen LogP contribution in [-0.4, -0.2) is 15.0 Å². The molecule has 0 spiro atoms. The summed E-state index contributed by atoms with van der Waals surface area (Å²) in [6, 6.07) is 4.25. The highest BCUT2D eigenvalue weighted by molar-refractivity contribution is 5.75. The lowest BCUT2D eigenvalue weighted by Crippen LogP contribution is -2.14. The average molecular weight is 446 g/mol. The summed E-state index contributed by atoms with van der Waals surface area (Å²) < 4.78 is 18.0. The second kappa shape index (κ2) is 8.15. The number of aromatic nitrogens is 3. The average Bonchev–Trinajstić information content (AvgIpc) is 3.46. The van der Waals surface area contributed by atoms with E-state index >= 15 is 0 Å². The van der Waals surface area contributed by atoms with Crippen molar-refractivity contribution >= 4 is 11.1 Å².